The SMILES string of the molecule is CCN1CCOC(COc2c(Br)cc(CN)cc2OC)C1. The minimum absolute atomic E-state index is 0.0875. The number of ether oxygens (including phenoxy) is 3. The molecule has 1 heterocycles. The molecule has 1 fully saturated rings. The van der Waals surface area contributed by atoms with Gasteiger partial charge in [-0.1, -0.05) is 6.92 Å². The quantitative estimate of drug-likeness (QED) is 0.842. The molecule has 2 rings (SSSR count). The van der Waals surface area contributed by atoms with E-state index in [1.165, 1.54) is 0 Å². The summed E-state index contributed by atoms with van der Waals surface area (Å²) in [6.45, 7) is 6.82. The number of benzene rings is 1. The number of nitrogens with two attached hydrogens (primary N) is 1. The Bertz CT molecular complexity index is 470. The van der Waals surface area contributed by atoms with Gasteiger partial charge in [0.15, 0.2) is 11.5 Å². The first kappa shape index (κ1) is 16.5. The second-order valence-electron chi connectivity index (χ2n) is 5.01. The zero-order valence-corrected chi connectivity index (χ0v) is 14.2. The van der Waals surface area contributed by atoms with Crippen LogP contribution in [0.15, 0.2) is 16.6 Å². The molecule has 1 atom stereocenters. The highest BCUT2D eigenvalue weighted by molar-refractivity contribution is 9.10. The van der Waals surface area contributed by atoms with Crippen LogP contribution in [0.2, 0.25) is 0 Å². The van der Waals surface area contributed by atoms with Crippen LogP contribution in [0.3, 0.4) is 0 Å². The number of nitrogens with zero attached hydrogens (tertiary/aromatic N) is 1. The van der Waals surface area contributed by atoms with Crippen LogP contribution in [0.25, 0.3) is 0 Å². The normalized spacial score (nSPS) is 19.5. The molecule has 118 valence electrons. The van der Waals surface area contributed by atoms with Crippen LogP contribution in [0.5, 0.6) is 11.5 Å². The van der Waals surface area contributed by atoms with Crippen LogP contribution < -0.4 is 15.2 Å². The summed E-state index contributed by atoms with van der Waals surface area (Å²) in [6.07, 6.45) is 0.0875. The molecule has 1 aromatic carbocycles. The molecule has 1 aromatic rings. The number of likely N-dealkylation sites (N-methyl/N-ethyl adjacent to an activating group) is 1. The van der Waals surface area contributed by atoms with Crippen LogP contribution in [0, 0.1) is 0 Å². The fourth-order valence-corrected chi connectivity index (χ4v) is 2.98. The number of morpholine rings is 1. The van der Waals surface area contributed by atoms with Gasteiger partial charge in [-0.2, -0.15) is 0 Å². The van der Waals surface area contributed by atoms with Gasteiger partial charge in [0.2, 0.25) is 0 Å². The van der Waals surface area contributed by atoms with Crippen LogP contribution in [-0.4, -0.2) is 51.0 Å². The first-order valence-corrected chi connectivity index (χ1v) is 8.00. The maximum atomic E-state index is 5.93. The zero-order valence-electron chi connectivity index (χ0n) is 12.6. The molecule has 0 saturated carbocycles. The Balaban J connectivity index is 2.02. The van der Waals surface area contributed by atoms with Crippen molar-refractivity contribution < 1.29 is 14.2 Å². The number of halogens is 1. The Morgan fingerprint density at radius 3 is 2.95 bits per heavy atom. The van der Waals surface area contributed by atoms with Gasteiger partial charge in [-0.3, -0.25) is 4.90 Å². The molecule has 5 nitrogen and oxygen atoms in total. The number of hydrogen-bond acceptors (Lipinski definition) is 5. The molecule has 1 unspecified atom stereocenters. The molecule has 0 spiro atoms. The van der Waals surface area contributed by atoms with Gasteiger partial charge in [-0.05, 0) is 40.2 Å². The van der Waals surface area contributed by atoms with E-state index in [4.69, 9.17) is 19.9 Å². The maximum absolute atomic E-state index is 5.93. The minimum Gasteiger partial charge on any atom is -0.493 e. The average Bonchev–Trinajstić information content (AvgIpc) is 2.53. The molecule has 21 heavy (non-hydrogen) atoms. The number of methoxy groups -OCH3 is 1. The molecule has 2 N–H and O–H groups in total. The molecular weight excluding hydrogens is 336 g/mol. The summed E-state index contributed by atoms with van der Waals surface area (Å²) < 4.78 is 17.9. The summed E-state index contributed by atoms with van der Waals surface area (Å²) in [4.78, 5) is 2.36. The Morgan fingerprint density at radius 2 is 2.29 bits per heavy atom. The summed E-state index contributed by atoms with van der Waals surface area (Å²) >= 11 is 3.52. The van der Waals surface area contributed by atoms with E-state index in [9.17, 15) is 0 Å². The summed E-state index contributed by atoms with van der Waals surface area (Å²) in [7, 11) is 1.63. The van der Waals surface area contributed by atoms with Crippen molar-refractivity contribution in [3.8, 4) is 11.5 Å². The molecule has 1 aliphatic rings. The third-order valence-electron chi connectivity index (χ3n) is 3.61. The largest absolute Gasteiger partial charge is 0.493 e. The van der Waals surface area contributed by atoms with Crippen LogP contribution in [0.1, 0.15) is 12.5 Å². The highest BCUT2D eigenvalue weighted by Crippen LogP contribution is 2.36. The Morgan fingerprint density at radius 1 is 1.48 bits per heavy atom. The van der Waals surface area contributed by atoms with Crippen LogP contribution in [0.4, 0.5) is 0 Å². The fraction of sp³-hybridized carbons (Fsp3) is 0.600. The van der Waals surface area contributed by atoms with E-state index in [1.54, 1.807) is 7.11 Å². The van der Waals surface area contributed by atoms with E-state index in [-0.39, 0.29) is 6.10 Å². The third kappa shape index (κ3) is 4.32. The van der Waals surface area contributed by atoms with Crippen molar-refractivity contribution in [3.63, 3.8) is 0 Å². The van der Waals surface area contributed by atoms with Gasteiger partial charge in [0, 0.05) is 19.6 Å². The summed E-state index contributed by atoms with van der Waals surface area (Å²) in [5.41, 5.74) is 6.67. The van der Waals surface area contributed by atoms with E-state index in [1.807, 2.05) is 12.1 Å². The van der Waals surface area contributed by atoms with Crippen LogP contribution >= 0.6 is 15.9 Å². The third-order valence-corrected chi connectivity index (χ3v) is 4.20. The highest BCUT2D eigenvalue weighted by Gasteiger charge is 2.21. The Labute approximate surface area is 134 Å². The topological polar surface area (TPSA) is 57.0 Å². The standard InChI is InChI=1S/C15H23BrN2O3/c1-3-18-4-5-20-12(9-18)10-21-15-13(16)6-11(8-17)7-14(15)19-2/h6-7,12H,3-5,8-10,17H2,1-2H3. The van der Waals surface area contributed by atoms with E-state index in [0.717, 1.165) is 36.3 Å². The van der Waals surface area contributed by atoms with Crippen molar-refractivity contribution in [2.75, 3.05) is 40.0 Å². The Kier molecular flexibility index (Phi) is 6.29. The molecule has 1 saturated heterocycles. The van der Waals surface area contributed by atoms with Gasteiger partial charge >= 0.3 is 0 Å². The first-order chi connectivity index (χ1) is 10.2. The predicted octanol–water partition coefficient (Wildman–Crippen LogP) is 2.02. The summed E-state index contributed by atoms with van der Waals surface area (Å²) in [5.74, 6) is 1.39. The molecule has 0 aliphatic carbocycles. The van der Waals surface area contributed by atoms with E-state index in [2.05, 4.69) is 27.8 Å². The van der Waals surface area contributed by atoms with Crippen molar-refractivity contribution in [1.29, 1.82) is 0 Å². The van der Waals surface area contributed by atoms with Crippen molar-refractivity contribution >= 4 is 15.9 Å². The van der Waals surface area contributed by atoms with Gasteiger partial charge in [0.25, 0.3) is 0 Å². The van der Waals surface area contributed by atoms with Gasteiger partial charge in [0.1, 0.15) is 12.7 Å². The molecule has 0 amide bonds. The smallest absolute Gasteiger partial charge is 0.175 e. The maximum Gasteiger partial charge on any atom is 0.175 e. The second kappa shape index (κ2) is 7.98. The molecular formula is C15H23BrN2O3. The first-order valence-electron chi connectivity index (χ1n) is 7.21. The van der Waals surface area contributed by atoms with Crippen molar-refractivity contribution in [2.24, 2.45) is 5.73 Å². The lowest BCUT2D eigenvalue weighted by atomic mass is 10.2. The van der Waals surface area contributed by atoms with Gasteiger partial charge in [0.05, 0.1) is 18.2 Å². The van der Waals surface area contributed by atoms with Gasteiger partial charge in [-0.25, -0.2) is 0 Å². The van der Waals surface area contributed by atoms with Crippen molar-refractivity contribution in [2.45, 2.75) is 19.6 Å². The molecule has 6 heteroatoms. The van der Waals surface area contributed by atoms with E-state index >= 15 is 0 Å². The minimum atomic E-state index is 0.0875. The lowest BCUT2D eigenvalue weighted by molar-refractivity contribution is -0.0467. The summed E-state index contributed by atoms with van der Waals surface area (Å²) in [5, 5.41) is 0. The van der Waals surface area contributed by atoms with E-state index in [0.29, 0.717) is 24.7 Å². The zero-order chi connectivity index (χ0) is 15.2. The second-order valence-corrected chi connectivity index (χ2v) is 5.86. The predicted molar refractivity (Wildman–Crippen MR) is 85.9 cm³/mol. The van der Waals surface area contributed by atoms with Gasteiger partial charge in [-0.15, -0.1) is 0 Å². The van der Waals surface area contributed by atoms with Gasteiger partial charge < -0.3 is 19.9 Å². The summed E-state index contributed by atoms with van der Waals surface area (Å²) in [6, 6.07) is 3.86. The lowest BCUT2D eigenvalue weighted by Crippen LogP contribution is -2.44. The number of hydrogen-bond donors (Lipinski definition) is 1. The van der Waals surface area contributed by atoms with E-state index < -0.39 is 0 Å². The monoisotopic (exact) mass is 358 g/mol. The highest BCUT2D eigenvalue weighted by atomic mass is 79.9. The van der Waals surface area contributed by atoms with Crippen molar-refractivity contribution in [1.82, 2.24) is 4.90 Å². The molecule has 0 bridgehead atoms. The average molecular weight is 359 g/mol. The lowest BCUT2D eigenvalue weighted by Gasteiger charge is -2.32. The van der Waals surface area contributed by atoms with Crippen LogP contribution in [-0.2, 0) is 11.3 Å². The molecule has 0 aromatic heterocycles. The van der Waals surface area contributed by atoms with Crippen molar-refractivity contribution in [3.05, 3.63) is 22.2 Å². The molecule has 1 aliphatic heterocycles. The Hall–Kier alpha value is -0.820. The number of rotatable bonds is 6. The fourth-order valence-electron chi connectivity index (χ4n) is 2.38. The molecule has 0 radical (unpaired) electrons.